The SMILES string of the molecule is NCCCc1ccc(-c2cccnc2N)cc1N. The standard InChI is InChI=1S/C14H18N4/c15-7-1-3-10-5-6-11(9-13(10)16)12-4-2-8-18-14(12)17/h2,4-6,8-9H,1,3,7,15-16H2,(H2,17,18). The Labute approximate surface area is 107 Å². The topological polar surface area (TPSA) is 90.9 Å². The highest BCUT2D eigenvalue weighted by Crippen LogP contribution is 2.27. The highest BCUT2D eigenvalue weighted by atomic mass is 14.8. The molecule has 2 aromatic rings. The van der Waals surface area contributed by atoms with Crippen molar-refractivity contribution in [2.24, 2.45) is 5.73 Å². The number of hydrogen-bond acceptors (Lipinski definition) is 4. The van der Waals surface area contributed by atoms with E-state index in [2.05, 4.69) is 4.98 Å². The summed E-state index contributed by atoms with van der Waals surface area (Å²) < 4.78 is 0. The summed E-state index contributed by atoms with van der Waals surface area (Å²) in [6.45, 7) is 0.677. The lowest BCUT2D eigenvalue weighted by Gasteiger charge is -2.09. The van der Waals surface area contributed by atoms with Crippen molar-refractivity contribution in [2.45, 2.75) is 12.8 Å². The van der Waals surface area contributed by atoms with Gasteiger partial charge < -0.3 is 17.2 Å². The lowest BCUT2D eigenvalue weighted by molar-refractivity contribution is 0.834. The van der Waals surface area contributed by atoms with Crippen LogP contribution in [0, 0.1) is 0 Å². The van der Waals surface area contributed by atoms with Crippen LogP contribution in [-0.2, 0) is 6.42 Å². The molecule has 6 N–H and O–H groups in total. The minimum atomic E-state index is 0.520. The molecule has 0 amide bonds. The Morgan fingerprint density at radius 1 is 1.11 bits per heavy atom. The molecule has 0 aliphatic heterocycles. The highest BCUT2D eigenvalue weighted by Gasteiger charge is 2.05. The molecule has 0 bridgehead atoms. The third-order valence-electron chi connectivity index (χ3n) is 2.95. The van der Waals surface area contributed by atoms with Crippen molar-refractivity contribution < 1.29 is 0 Å². The molecule has 0 atom stereocenters. The van der Waals surface area contributed by atoms with Gasteiger partial charge >= 0.3 is 0 Å². The summed E-state index contributed by atoms with van der Waals surface area (Å²) in [6.07, 6.45) is 3.53. The predicted octanol–water partition coefficient (Wildman–Crippen LogP) is 1.80. The maximum Gasteiger partial charge on any atom is 0.131 e. The number of nitrogens with zero attached hydrogens (tertiary/aromatic N) is 1. The van der Waals surface area contributed by atoms with Gasteiger partial charge in [-0.25, -0.2) is 4.98 Å². The number of rotatable bonds is 4. The Kier molecular flexibility index (Phi) is 3.79. The van der Waals surface area contributed by atoms with E-state index in [9.17, 15) is 0 Å². The first kappa shape index (κ1) is 12.4. The minimum absolute atomic E-state index is 0.520. The Balaban J connectivity index is 2.32. The van der Waals surface area contributed by atoms with Gasteiger partial charge in [-0.3, -0.25) is 0 Å². The summed E-state index contributed by atoms with van der Waals surface area (Å²) in [5, 5.41) is 0. The largest absolute Gasteiger partial charge is 0.398 e. The summed E-state index contributed by atoms with van der Waals surface area (Å²) in [5.41, 5.74) is 21.2. The van der Waals surface area contributed by atoms with Gasteiger partial charge in [-0.1, -0.05) is 12.1 Å². The third kappa shape index (κ3) is 2.60. The van der Waals surface area contributed by atoms with Crippen LogP contribution in [0.3, 0.4) is 0 Å². The molecule has 1 aromatic carbocycles. The van der Waals surface area contributed by atoms with Crippen LogP contribution in [0.2, 0.25) is 0 Å². The summed E-state index contributed by atoms with van der Waals surface area (Å²) in [5.74, 6) is 0.520. The number of aryl methyl sites for hydroxylation is 1. The molecule has 0 unspecified atom stereocenters. The average molecular weight is 242 g/mol. The molecule has 1 aromatic heterocycles. The third-order valence-corrected chi connectivity index (χ3v) is 2.95. The molecule has 4 nitrogen and oxygen atoms in total. The van der Waals surface area contributed by atoms with Gasteiger partial charge in [0.15, 0.2) is 0 Å². The van der Waals surface area contributed by atoms with Crippen molar-refractivity contribution >= 4 is 11.5 Å². The number of benzene rings is 1. The molecule has 0 radical (unpaired) electrons. The smallest absolute Gasteiger partial charge is 0.131 e. The van der Waals surface area contributed by atoms with E-state index in [4.69, 9.17) is 17.2 Å². The van der Waals surface area contributed by atoms with Gasteiger partial charge in [-0.2, -0.15) is 0 Å². The van der Waals surface area contributed by atoms with Crippen LogP contribution in [0.15, 0.2) is 36.5 Å². The Morgan fingerprint density at radius 2 is 1.94 bits per heavy atom. The molecular formula is C14H18N4. The summed E-state index contributed by atoms with van der Waals surface area (Å²) in [7, 11) is 0. The van der Waals surface area contributed by atoms with Gasteiger partial charge in [0.25, 0.3) is 0 Å². The van der Waals surface area contributed by atoms with Crippen molar-refractivity contribution in [2.75, 3.05) is 18.0 Å². The van der Waals surface area contributed by atoms with Crippen molar-refractivity contribution in [3.63, 3.8) is 0 Å². The zero-order chi connectivity index (χ0) is 13.0. The molecule has 0 saturated carbocycles. The molecule has 0 fully saturated rings. The van der Waals surface area contributed by atoms with Crippen molar-refractivity contribution in [1.29, 1.82) is 0 Å². The predicted molar refractivity (Wildman–Crippen MR) is 75.9 cm³/mol. The minimum Gasteiger partial charge on any atom is -0.398 e. The van der Waals surface area contributed by atoms with Gasteiger partial charge in [0.05, 0.1) is 0 Å². The second-order valence-electron chi connectivity index (χ2n) is 4.24. The first-order valence-electron chi connectivity index (χ1n) is 6.01. The molecule has 0 aliphatic rings. The monoisotopic (exact) mass is 242 g/mol. The number of hydrogen-bond donors (Lipinski definition) is 3. The van der Waals surface area contributed by atoms with Crippen LogP contribution >= 0.6 is 0 Å². The second-order valence-corrected chi connectivity index (χ2v) is 4.24. The van der Waals surface area contributed by atoms with Gasteiger partial charge in [0.2, 0.25) is 0 Å². The molecule has 18 heavy (non-hydrogen) atoms. The molecule has 4 heteroatoms. The Morgan fingerprint density at radius 3 is 2.61 bits per heavy atom. The molecule has 2 rings (SSSR count). The maximum absolute atomic E-state index is 6.05. The molecule has 0 aliphatic carbocycles. The van der Waals surface area contributed by atoms with Crippen LogP contribution in [0.1, 0.15) is 12.0 Å². The zero-order valence-corrected chi connectivity index (χ0v) is 10.3. The fraction of sp³-hybridized carbons (Fsp3) is 0.214. The van der Waals surface area contributed by atoms with E-state index in [0.29, 0.717) is 12.4 Å². The van der Waals surface area contributed by atoms with E-state index in [1.54, 1.807) is 6.20 Å². The van der Waals surface area contributed by atoms with Gasteiger partial charge in [0.1, 0.15) is 5.82 Å². The Bertz CT molecular complexity index is 537. The number of anilines is 2. The normalized spacial score (nSPS) is 10.5. The highest BCUT2D eigenvalue weighted by molar-refractivity contribution is 5.76. The molecule has 94 valence electrons. The van der Waals surface area contributed by atoms with Gasteiger partial charge in [-0.15, -0.1) is 0 Å². The van der Waals surface area contributed by atoms with E-state index in [1.165, 1.54) is 0 Å². The van der Waals surface area contributed by atoms with E-state index < -0.39 is 0 Å². The zero-order valence-electron chi connectivity index (χ0n) is 10.3. The number of pyridine rings is 1. The van der Waals surface area contributed by atoms with Gasteiger partial charge in [-0.05, 0) is 48.7 Å². The summed E-state index contributed by atoms with van der Waals surface area (Å²) >= 11 is 0. The van der Waals surface area contributed by atoms with E-state index >= 15 is 0 Å². The molecule has 0 spiro atoms. The van der Waals surface area contributed by atoms with E-state index in [-0.39, 0.29) is 0 Å². The van der Waals surface area contributed by atoms with Crippen LogP contribution in [0.4, 0.5) is 11.5 Å². The van der Waals surface area contributed by atoms with Crippen molar-refractivity contribution in [3.8, 4) is 11.1 Å². The van der Waals surface area contributed by atoms with Crippen LogP contribution in [0.25, 0.3) is 11.1 Å². The lowest BCUT2D eigenvalue weighted by Crippen LogP contribution is -2.02. The number of aromatic nitrogens is 1. The van der Waals surface area contributed by atoms with Crippen LogP contribution in [0.5, 0.6) is 0 Å². The van der Waals surface area contributed by atoms with Gasteiger partial charge in [0, 0.05) is 17.4 Å². The van der Waals surface area contributed by atoms with Crippen LogP contribution in [-0.4, -0.2) is 11.5 Å². The van der Waals surface area contributed by atoms with Crippen molar-refractivity contribution in [1.82, 2.24) is 4.98 Å². The van der Waals surface area contributed by atoms with Crippen molar-refractivity contribution in [3.05, 3.63) is 42.1 Å². The Hall–Kier alpha value is -2.07. The second kappa shape index (κ2) is 5.51. The first-order chi connectivity index (χ1) is 8.72. The fourth-order valence-electron chi connectivity index (χ4n) is 1.94. The molecular weight excluding hydrogens is 224 g/mol. The quantitative estimate of drug-likeness (QED) is 0.713. The van der Waals surface area contributed by atoms with E-state index in [0.717, 1.165) is 35.2 Å². The fourth-order valence-corrected chi connectivity index (χ4v) is 1.94. The first-order valence-corrected chi connectivity index (χ1v) is 6.01. The average Bonchev–Trinajstić information content (AvgIpc) is 2.38. The number of nitrogen functional groups attached to an aromatic ring is 2. The summed E-state index contributed by atoms with van der Waals surface area (Å²) in [6, 6.07) is 9.81. The summed E-state index contributed by atoms with van der Waals surface area (Å²) in [4.78, 5) is 4.08. The van der Waals surface area contributed by atoms with E-state index in [1.807, 2.05) is 30.3 Å². The number of nitrogens with two attached hydrogens (primary N) is 3. The maximum atomic E-state index is 6.05. The molecule has 1 heterocycles. The van der Waals surface area contributed by atoms with Crippen LogP contribution < -0.4 is 17.2 Å². The lowest BCUT2D eigenvalue weighted by atomic mass is 10.0. The molecule has 0 saturated heterocycles.